The topological polar surface area (TPSA) is 58.2 Å². The average Bonchev–Trinajstić information content (AvgIpc) is 2.65. The van der Waals surface area contributed by atoms with Gasteiger partial charge in [-0.05, 0) is 68.3 Å². The van der Waals surface area contributed by atoms with Gasteiger partial charge in [-0.3, -0.25) is 9.59 Å². The van der Waals surface area contributed by atoms with Crippen molar-refractivity contribution in [2.45, 2.75) is 20.8 Å². The second kappa shape index (κ2) is 7.87. The molecule has 0 aromatic heterocycles. The number of rotatable bonds is 4. The maximum atomic E-state index is 12.6. The molecule has 27 heavy (non-hydrogen) atoms. The summed E-state index contributed by atoms with van der Waals surface area (Å²) in [6, 6.07) is 20.0. The molecule has 2 amide bonds. The molecule has 0 bridgehead atoms. The molecule has 0 saturated heterocycles. The van der Waals surface area contributed by atoms with E-state index < -0.39 is 0 Å². The average molecular weight is 358 g/mol. The second-order valence-corrected chi connectivity index (χ2v) is 6.63. The Bertz CT molecular complexity index is 954. The minimum atomic E-state index is -0.182. The number of benzene rings is 3. The molecule has 4 nitrogen and oxygen atoms in total. The zero-order valence-electron chi connectivity index (χ0n) is 15.7. The highest BCUT2D eigenvalue weighted by molar-refractivity contribution is 6.06. The van der Waals surface area contributed by atoms with Crippen LogP contribution in [-0.2, 0) is 0 Å². The highest BCUT2D eigenvalue weighted by Crippen LogP contribution is 2.23. The van der Waals surface area contributed by atoms with Gasteiger partial charge in [0, 0.05) is 22.5 Å². The Kier molecular flexibility index (Phi) is 5.36. The van der Waals surface area contributed by atoms with Crippen molar-refractivity contribution in [3.63, 3.8) is 0 Å². The van der Waals surface area contributed by atoms with Crippen LogP contribution in [-0.4, -0.2) is 11.8 Å². The van der Waals surface area contributed by atoms with Crippen LogP contribution in [0.4, 0.5) is 11.4 Å². The fourth-order valence-electron chi connectivity index (χ4n) is 3.06. The Labute approximate surface area is 159 Å². The van der Waals surface area contributed by atoms with Gasteiger partial charge >= 0.3 is 0 Å². The standard InChI is InChI=1S/C23H22N2O2/c1-15-13-16(2)21(17(3)14-15)25-23(27)19-9-11-20(12-10-19)24-22(26)18-7-5-4-6-8-18/h4-14H,1-3H3,(H,24,26)(H,25,27). The normalized spacial score (nSPS) is 10.3. The summed E-state index contributed by atoms with van der Waals surface area (Å²) in [6.45, 7) is 6.00. The lowest BCUT2D eigenvalue weighted by Crippen LogP contribution is -2.15. The smallest absolute Gasteiger partial charge is 0.255 e. The van der Waals surface area contributed by atoms with E-state index in [9.17, 15) is 9.59 Å². The SMILES string of the molecule is Cc1cc(C)c(NC(=O)c2ccc(NC(=O)c3ccccc3)cc2)c(C)c1. The lowest BCUT2D eigenvalue weighted by molar-refractivity contribution is 0.102. The van der Waals surface area contributed by atoms with Crippen molar-refractivity contribution >= 4 is 23.2 Å². The van der Waals surface area contributed by atoms with E-state index in [1.54, 1.807) is 36.4 Å². The van der Waals surface area contributed by atoms with Gasteiger partial charge in [0.1, 0.15) is 0 Å². The molecule has 0 fully saturated rings. The van der Waals surface area contributed by atoms with Gasteiger partial charge < -0.3 is 10.6 Å². The van der Waals surface area contributed by atoms with E-state index >= 15 is 0 Å². The third-order valence-corrected chi connectivity index (χ3v) is 4.36. The lowest BCUT2D eigenvalue weighted by Gasteiger charge is -2.13. The maximum Gasteiger partial charge on any atom is 0.255 e. The van der Waals surface area contributed by atoms with Crippen LogP contribution in [0.3, 0.4) is 0 Å². The first kappa shape index (κ1) is 18.4. The monoisotopic (exact) mass is 358 g/mol. The zero-order chi connectivity index (χ0) is 19.4. The molecule has 136 valence electrons. The van der Waals surface area contributed by atoms with E-state index in [1.165, 1.54) is 5.56 Å². The largest absolute Gasteiger partial charge is 0.322 e. The third kappa shape index (κ3) is 4.42. The molecule has 3 aromatic rings. The van der Waals surface area contributed by atoms with E-state index in [0.29, 0.717) is 16.8 Å². The molecule has 3 rings (SSSR count). The van der Waals surface area contributed by atoms with Gasteiger partial charge in [0.2, 0.25) is 0 Å². The molecule has 0 radical (unpaired) electrons. The first-order valence-electron chi connectivity index (χ1n) is 8.79. The van der Waals surface area contributed by atoms with Crippen molar-refractivity contribution < 1.29 is 9.59 Å². The van der Waals surface area contributed by atoms with Crippen LogP contribution in [0.15, 0.2) is 66.7 Å². The Balaban J connectivity index is 1.70. The Hall–Kier alpha value is -3.40. The summed E-state index contributed by atoms with van der Waals surface area (Å²) < 4.78 is 0. The number of carbonyl (C=O) groups excluding carboxylic acids is 2. The molecule has 0 aliphatic rings. The van der Waals surface area contributed by atoms with Crippen LogP contribution in [0, 0.1) is 20.8 Å². The first-order valence-corrected chi connectivity index (χ1v) is 8.79. The fraction of sp³-hybridized carbons (Fsp3) is 0.130. The van der Waals surface area contributed by atoms with Gasteiger partial charge in [0.15, 0.2) is 0 Å². The number of nitrogens with one attached hydrogen (secondary N) is 2. The molecule has 0 saturated carbocycles. The molecule has 0 unspecified atom stereocenters. The van der Waals surface area contributed by atoms with E-state index in [4.69, 9.17) is 0 Å². The molecule has 2 N–H and O–H groups in total. The van der Waals surface area contributed by atoms with Crippen molar-refractivity contribution in [2.24, 2.45) is 0 Å². The van der Waals surface area contributed by atoms with Crippen LogP contribution in [0.25, 0.3) is 0 Å². The predicted octanol–water partition coefficient (Wildman–Crippen LogP) is 5.12. The highest BCUT2D eigenvalue weighted by Gasteiger charge is 2.11. The van der Waals surface area contributed by atoms with Gasteiger partial charge in [-0.1, -0.05) is 35.9 Å². The summed E-state index contributed by atoms with van der Waals surface area (Å²) in [4.78, 5) is 24.7. The van der Waals surface area contributed by atoms with Crippen LogP contribution in [0.1, 0.15) is 37.4 Å². The zero-order valence-corrected chi connectivity index (χ0v) is 15.7. The highest BCUT2D eigenvalue weighted by atomic mass is 16.2. The van der Waals surface area contributed by atoms with Crippen molar-refractivity contribution in [1.82, 2.24) is 0 Å². The maximum absolute atomic E-state index is 12.6. The molecule has 0 heterocycles. The van der Waals surface area contributed by atoms with Gasteiger partial charge in [0.25, 0.3) is 11.8 Å². The van der Waals surface area contributed by atoms with Crippen LogP contribution >= 0.6 is 0 Å². The van der Waals surface area contributed by atoms with E-state index in [0.717, 1.165) is 16.8 Å². The van der Waals surface area contributed by atoms with Crippen LogP contribution in [0.2, 0.25) is 0 Å². The van der Waals surface area contributed by atoms with Gasteiger partial charge in [0.05, 0.1) is 0 Å². The van der Waals surface area contributed by atoms with Crippen molar-refractivity contribution in [2.75, 3.05) is 10.6 Å². The van der Waals surface area contributed by atoms with E-state index in [2.05, 4.69) is 10.6 Å². The number of anilines is 2. The number of hydrogen-bond donors (Lipinski definition) is 2. The molecular formula is C23H22N2O2. The fourth-order valence-corrected chi connectivity index (χ4v) is 3.06. The summed E-state index contributed by atoms with van der Waals surface area (Å²) in [5.74, 6) is -0.357. The molecule has 0 spiro atoms. The summed E-state index contributed by atoms with van der Waals surface area (Å²) in [6.07, 6.45) is 0. The number of amides is 2. The molecule has 0 aliphatic carbocycles. The molecule has 3 aromatic carbocycles. The second-order valence-electron chi connectivity index (χ2n) is 6.63. The van der Waals surface area contributed by atoms with E-state index in [1.807, 2.05) is 51.1 Å². The molecule has 4 heteroatoms. The Morgan fingerprint density at radius 3 is 1.78 bits per heavy atom. The van der Waals surface area contributed by atoms with Crippen LogP contribution < -0.4 is 10.6 Å². The van der Waals surface area contributed by atoms with Gasteiger partial charge in [-0.15, -0.1) is 0 Å². The Morgan fingerprint density at radius 2 is 1.19 bits per heavy atom. The molecule has 0 atom stereocenters. The summed E-state index contributed by atoms with van der Waals surface area (Å²) >= 11 is 0. The van der Waals surface area contributed by atoms with Crippen LogP contribution in [0.5, 0.6) is 0 Å². The van der Waals surface area contributed by atoms with Crippen molar-refractivity contribution in [1.29, 1.82) is 0 Å². The predicted molar refractivity (Wildman–Crippen MR) is 109 cm³/mol. The van der Waals surface area contributed by atoms with Crippen molar-refractivity contribution in [3.8, 4) is 0 Å². The lowest BCUT2D eigenvalue weighted by atomic mass is 10.0. The summed E-state index contributed by atoms with van der Waals surface area (Å²) in [5, 5.41) is 5.81. The molecular weight excluding hydrogens is 336 g/mol. The first-order chi connectivity index (χ1) is 12.9. The molecule has 0 aliphatic heterocycles. The minimum absolute atomic E-state index is 0.175. The minimum Gasteiger partial charge on any atom is -0.322 e. The van der Waals surface area contributed by atoms with E-state index in [-0.39, 0.29) is 11.8 Å². The quantitative estimate of drug-likeness (QED) is 0.680. The summed E-state index contributed by atoms with van der Waals surface area (Å²) in [5.41, 5.74) is 5.84. The number of aryl methyl sites for hydroxylation is 3. The van der Waals surface area contributed by atoms with Crippen molar-refractivity contribution in [3.05, 3.63) is 94.5 Å². The number of hydrogen-bond acceptors (Lipinski definition) is 2. The Morgan fingerprint density at radius 1 is 0.667 bits per heavy atom. The number of carbonyl (C=O) groups is 2. The van der Waals surface area contributed by atoms with Gasteiger partial charge in [-0.25, -0.2) is 0 Å². The third-order valence-electron chi connectivity index (χ3n) is 4.36. The van der Waals surface area contributed by atoms with Gasteiger partial charge in [-0.2, -0.15) is 0 Å². The summed E-state index contributed by atoms with van der Waals surface area (Å²) in [7, 11) is 0.